The third kappa shape index (κ3) is 3.91. The van der Waals surface area contributed by atoms with Gasteiger partial charge in [0, 0.05) is 6.42 Å². The van der Waals surface area contributed by atoms with Gasteiger partial charge in [-0.2, -0.15) is 0 Å². The number of halogens is 2. The van der Waals surface area contributed by atoms with Crippen molar-refractivity contribution < 1.29 is 13.2 Å². The van der Waals surface area contributed by atoms with Crippen molar-refractivity contribution in [3.05, 3.63) is 59.1 Å². The van der Waals surface area contributed by atoms with Crippen molar-refractivity contribution in [3.8, 4) is 0 Å². The van der Waals surface area contributed by atoms with E-state index < -0.39 is 11.6 Å². The number of hydrogen-bond donors (Lipinski definition) is 1. The van der Waals surface area contributed by atoms with Gasteiger partial charge in [0.05, 0.1) is 6.04 Å². The summed E-state index contributed by atoms with van der Waals surface area (Å²) in [6.07, 6.45) is 2.14. The summed E-state index contributed by atoms with van der Waals surface area (Å²) in [4.78, 5) is 0. The van der Waals surface area contributed by atoms with Crippen LogP contribution in [0.4, 0.5) is 8.78 Å². The zero-order chi connectivity index (χ0) is 15.2. The molecule has 0 aliphatic heterocycles. The highest BCUT2D eigenvalue weighted by Crippen LogP contribution is 2.23. The first kappa shape index (κ1) is 15.7. The van der Waals surface area contributed by atoms with Crippen LogP contribution in [0.2, 0.25) is 0 Å². The summed E-state index contributed by atoms with van der Waals surface area (Å²) < 4.78 is 32.9. The van der Waals surface area contributed by atoms with Gasteiger partial charge in [0.15, 0.2) is 11.6 Å². The minimum atomic E-state index is -0.810. The summed E-state index contributed by atoms with van der Waals surface area (Å²) >= 11 is 0. The molecule has 0 bridgehead atoms. The Bertz CT molecular complexity index is 580. The number of benzene rings is 1. The Balaban J connectivity index is 2.21. The predicted octanol–water partition coefficient (Wildman–Crippen LogP) is 4.40. The largest absolute Gasteiger partial charge is 0.464 e. The SMILES string of the molecule is CCCNC(Cc1cccc(F)c1F)c1ccc(CC)o1. The van der Waals surface area contributed by atoms with Gasteiger partial charge in [-0.25, -0.2) is 8.78 Å². The average molecular weight is 293 g/mol. The number of furan rings is 1. The van der Waals surface area contributed by atoms with E-state index in [9.17, 15) is 8.78 Å². The fourth-order valence-electron chi connectivity index (χ4n) is 2.29. The molecule has 1 aromatic carbocycles. The van der Waals surface area contributed by atoms with Gasteiger partial charge in [0.2, 0.25) is 0 Å². The van der Waals surface area contributed by atoms with E-state index in [1.54, 1.807) is 6.07 Å². The Labute approximate surface area is 124 Å². The lowest BCUT2D eigenvalue weighted by Gasteiger charge is -2.17. The maximum absolute atomic E-state index is 13.8. The van der Waals surface area contributed by atoms with Crippen LogP contribution < -0.4 is 5.32 Å². The third-order valence-corrected chi connectivity index (χ3v) is 3.47. The van der Waals surface area contributed by atoms with Crippen LogP contribution in [0.15, 0.2) is 34.7 Å². The molecule has 4 heteroatoms. The van der Waals surface area contributed by atoms with Crippen molar-refractivity contribution in [2.24, 2.45) is 0 Å². The van der Waals surface area contributed by atoms with E-state index in [0.717, 1.165) is 37.0 Å². The van der Waals surface area contributed by atoms with E-state index >= 15 is 0 Å². The molecule has 0 fully saturated rings. The molecule has 0 aliphatic carbocycles. The topological polar surface area (TPSA) is 25.2 Å². The van der Waals surface area contributed by atoms with E-state index in [4.69, 9.17) is 4.42 Å². The molecule has 0 saturated heterocycles. The Hall–Kier alpha value is -1.68. The van der Waals surface area contributed by atoms with Crippen molar-refractivity contribution in [1.82, 2.24) is 5.32 Å². The highest BCUT2D eigenvalue weighted by atomic mass is 19.2. The van der Waals surface area contributed by atoms with Gasteiger partial charge in [-0.1, -0.05) is 26.0 Å². The van der Waals surface area contributed by atoms with Gasteiger partial charge in [0.25, 0.3) is 0 Å². The first-order chi connectivity index (χ1) is 10.2. The van der Waals surface area contributed by atoms with Crippen molar-refractivity contribution in [2.75, 3.05) is 6.54 Å². The van der Waals surface area contributed by atoms with Crippen LogP contribution in [-0.2, 0) is 12.8 Å². The van der Waals surface area contributed by atoms with Crippen molar-refractivity contribution in [1.29, 1.82) is 0 Å². The average Bonchev–Trinajstić information content (AvgIpc) is 2.96. The number of hydrogen-bond acceptors (Lipinski definition) is 2. The Kier molecular flexibility index (Phi) is 5.51. The van der Waals surface area contributed by atoms with Gasteiger partial charge in [0.1, 0.15) is 11.5 Å². The van der Waals surface area contributed by atoms with Crippen LogP contribution in [0.5, 0.6) is 0 Å². The quantitative estimate of drug-likeness (QED) is 0.818. The van der Waals surface area contributed by atoms with Crippen LogP contribution in [-0.4, -0.2) is 6.54 Å². The van der Waals surface area contributed by atoms with Crippen LogP contribution >= 0.6 is 0 Å². The zero-order valence-electron chi connectivity index (χ0n) is 12.5. The summed E-state index contributed by atoms with van der Waals surface area (Å²) in [5.74, 6) is 0.0791. The van der Waals surface area contributed by atoms with Gasteiger partial charge in [-0.15, -0.1) is 0 Å². The lowest BCUT2D eigenvalue weighted by molar-refractivity contribution is 0.387. The molecule has 0 saturated carbocycles. The first-order valence-corrected chi connectivity index (χ1v) is 7.40. The Morgan fingerprint density at radius 3 is 2.62 bits per heavy atom. The van der Waals surface area contributed by atoms with Crippen molar-refractivity contribution in [3.63, 3.8) is 0 Å². The predicted molar refractivity (Wildman–Crippen MR) is 79.2 cm³/mol. The molecule has 0 aliphatic rings. The van der Waals surface area contributed by atoms with Crippen LogP contribution in [0, 0.1) is 11.6 Å². The molecule has 1 aromatic heterocycles. The van der Waals surface area contributed by atoms with E-state index in [1.165, 1.54) is 6.07 Å². The van der Waals surface area contributed by atoms with Crippen LogP contribution in [0.3, 0.4) is 0 Å². The van der Waals surface area contributed by atoms with E-state index in [0.29, 0.717) is 12.0 Å². The monoisotopic (exact) mass is 293 g/mol. The number of rotatable bonds is 7. The minimum Gasteiger partial charge on any atom is -0.464 e. The molecule has 0 amide bonds. The van der Waals surface area contributed by atoms with Crippen LogP contribution in [0.1, 0.15) is 43.4 Å². The molecule has 2 nitrogen and oxygen atoms in total. The summed E-state index contributed by atoms with van der Waals surface area (Å²) in [5.41, 5.74) is 0.359. The van der Waals surface area contributed by atoms with Crippen molar-refractivity contribution >= 4 is 0 Å². The molecular formula is C17H21F2NO. The lowest BCUT2D eigenvalue weighted by Crippen LogP contribution is -2.24. The maximum Gasteiger partial charge on any atom is 0.162 e. The van der Waals surface area contributed by atoms with E-state index in [2.05, 4.69) is 12.2 Å². The molecule has 114 valence electrons. The molecule has 0 spiro atoms. The fraction of sp³-hybridized carbons (Fsp3) is 0.412. The van der Waals surface area contributed by atoms with E-state index in [1.807, 2.05) is 19.1 Å². The molecular weight excluding hydrogens is 272 g/mol. The summed E-state index contributed by atoms with van der Waals surface area (Å²) in [5, 5.41) is 3.34. The second-order valence-corrected chi connectivity index (χ2v) is 5.08. The minimum absolute atomic E-state index is 0.151. The van der Waals surface area contributed by atoms with Gasteiger partial charge < -0.3 is 9.73 Å². The van der Waals surface area contributed by atoms with Gasteiger partial charge in [-0.05, 0) is 43.1 Å². The molecule has 2 rings (SSSR count). The lowest BCUT2D eigenvalue weighted by atomic mass is 10.0. The maximum atomic E-state index is 13.8. The van der Waals surface area contributed by atoms with Crippen LogP contribution in [0.25, 0.3) is 0 Å². The zero-order valence-corrected chi connectivity index (χ0v) is 12.5. The standard InChI is InChI=1S/C17H21F2NO/c1-3-10-20-15(16-9-8-13(4-2)21-16)11-12-6-5-7-14(18)17(12)19/h5-9,15,20H,3-4,10-11H2,1-2H3. The highest BCUT2D eigenvalue weighted by molar-refractivity contribution is 5.22. The summed E-state index contributed by atoms with van der Waals surface area (Å²) in [6.45, 7) is 4.87. The van der Waals surface area contributed by atoms with E-state index in [-0.39, 0.29) is 6.04 Å². The molecule has 1 atom stereocenters. The summed E-state index contributed by atoms with van der Waals surface area (Å²) in [7, 11) is 0. The smallest absolute Gasteiger partial charge is 0.162 e. The molecule has 21 heavy (non-hydrogen) atoms. The third-order valence-electron chi connectivity index (χ3n) is 3.47. The molecule has 0 radical (unpaired) electrons. The first-order valence-electron chi connectivity index (χ1n) is 7.40. The number of aryl methyl sites for hydroxylation is 1. The second kappa shape index (κ2) is 7.36. The normalized spacial score (nSPS) is 12.6. The Morgan fingerprint density at radius 2 is 1.95 bits per heavy atom. The summed E-state index contributed by atoms with van der Waals surface area (Å²) in [6, 6.07) is 7.96. The second-order valence-electron chi connectivity index (χ2n) is 5.08. The van der Waals surface area contributed by atoms with Crippen molar-refractivity contribution in [2.45, 2.75) is 39.2 Å². The highest BCUT2D eigenvalue weighted by Gasteiger charge is 2.18. The molecule has 1 unspecified atom stereocenters. The molecule has 2 aromatic rings. The van der Waals surface area contributed by atoms with Gasteiger partial charge >= 0.3 is 0 Å². The molecule has 1 heterocycles. The number of nitrogens with one attached hydrogen (secondary N) is 1. The Morgan fingerprint density at radius 1 is 1.14 bits per heavy atom. The van der Waals surface area contributed by atoms with Gasteiger partial charge in [-0.3, -0.25) is 0 Å². The molecule has 1 N–H and O–H groups in total. The fourth-order valence-corrected chi connectivity index (χ4v) is 2.29.